The van der Waals surface area contributed by atoms with Gasteiger partial charge in [-0.2, -0.15) is 8.42 Å². The average Bonchev–Trinajstić information content (AvgIpc) is 2.31. The fraction of sp³-hybridized carbons (Fsp3) is 1.00. The largest absolute Gasteiger partial charge is 0.399 e. The van der Waals surface area contributed by atoms with Crippen molar-refractivity contribution in [1.82, 2.24) is 4.90 Å². The van der Waals surface area contributed by atoms with Crippen LogP contribution in [0.25, 0.3) is 0 Å². The Morgan fingerprint density at radius 1 is 0.882 bits per heavy atom. The molecule has 0 aromatic carbocycles. The highest BCUT2D eigenvalue weighted by molar-refractivity contribution is 7.81. The van der Waals surface area contributed by atoms with Gasteiger partial charge in [0.1, 0.15) is 0 Å². The van der Waals surface area contributed by atoms with E-state index in [9.17, 15) is 8.42 Å². The molecule has 0 atom stereocenters. The Morgan fingerprint density at radius 2 is 1.18 bits per heavy atom. The van der Waals surface area contributed by atoms with Gasteiger partial charge in [-0.25, -0.2) is 0 Å². The van der Waals surface area contributed by atoms with Crippen LogP contribution in [-0.4, -0.2) is 82.3 Å². The van der Waals surface area contributed by atoms with Gasteiger partial charge in [0.25, 0.3) is 0 Å². The van der Waals surface area contributed by atoms with E-state index in [2.05, 4.69) is 8.37 Å². The lowest BCUT2D eigenvalue weighted by Crippen LogP contribution is -2.32. The molecule has 3 N–H and O–H groups in total. The van der Waals surface area contributed by atoms with Crippen LogP contribution in [0.3, 0.4) is 0 Å². The number of rotatable bonds is 8. The van der Waals surface area contributed by atoms with Crippen molar-refractivity contribution in [2.24, 2.45) is 0 Å². The van der Waals surface area contributed by atoms with E-state index < -0.39 is 10.4 Å². The molecule has 0 heterocycles. The molecule has 0 aromatic rings. The van der Waals surface area contributed by atoms with Crippen LogP contribution in [0.15, 0.2) is 0 Å². The van der Waals surface area contributed by atoms with Crippen molar-refractivity contribution in [3.63, 3.8) is 0 Å². The summed E-state index contributed by atoms with van der Waals surface area (Å²) < 4.78 is 27.5. The third-order valence-corrected chi connectivity index (χ3v) is 2.47. The Balaban J connectivity index is 0. The summed E-state index contributed by atoms with van der Waals surface area (Å²) in [6, 6.07) is 0. The van der Waals surface area contributed by atoms with Crippen LogP contribution in [-0.2, 0) is 18.8 Å². The minimum Gasteiger partial charge on any atom is -0.395 e. The molecule has 0 fully saturated rings. The number of nitrogens with zero attached hydrogens (tertiary/aromatic N) is 1. The van der Waals surface area contributed by atoms with Crippen molar-refractivity contribution in [2.45, 2.75) is 0 Å². The summed E-state index contributed by atoms with van der Waals surface area (Å²) in [6.07, 6.45) is 0. The molecule has 0 aromatic heterocycles. The van der Waals surface area contributed by atoms with E-state index in [1.165, 1.54) is 0 Å². The Morgan fingerprint density at radius 3 is 1.29 bits per heavy atom. The molecule has 0 spiro atoms. The van der Waals surface area contributed by atoms with Gasteiger partial charge in [0.15, 0.2) is 0 Å². The van der Waals surface area contributed by atoms with Gasteiger partial charge in [0.2, 0.25) is 0 Å². The Labute approximate surface area is 102 Å². The number of aliphatic hydroxyl groups excluding tert-OH is 3. The van der Waals surface area contributed by atoms with Crippen molar-refractivity contribution in [3.05, 3.63) is 0 Å². The quantitative estimate of drug-likeness (QED) is 0.456. The molecular weight excluding hydrogens is 254 g/mol. The predicted molar refractivity (Wildman–Crippen MR) is 60.6 cm³/mol. The van der Waals surface area contributed by atoms with E-state index >= 15 is 0 Å². The molecule has 0 aliphatic heterocycles. The summed E-state index contributed by atoms with van der Waals surface area (Å²) in [5, 5.41) is 25.5. The van der Waals surface area contributed by atoms with Crippen molar-refractivity contribution >= 4 is 10.4 Å². The number of aliphatic hydroxyl groups is 3. The van der Waals surface area contributed by atoms with Crippen LogP contribution < -0.4 is 0 Å². The molecule has 0 unspecified atom stereocenters. The molecular formula is C8H21NO7S. The van der Waals surface area contributed by atoms with E-state index in [1.54, 1.807) is 4.90 Å². The third-order valence-electron chi connectivity index (χ3n) is 1.66. The van der Waals surface area contributed by atoms with Crippen molar-refractivity contribution in [1.29, 1.82) is 0 Å². The Bertz CT molecular complexity index is 220. The molecule has 0 bridgehead atoms. The first kappa shape index (κ1) is 19.1. The zero-order valence-corrected chi connectivity index (χ0v) is 10.9. The summed E-state index contributed by atoms with van der Waals surface area (Å²) in [7, 11) is -1.60. The van der Waals surface area contributed by atoms with Gasteiger partial charge in [0.05, 0.1) is 34.0 Å². The summed E-state index contributed by atoms with van der Waals surface area (Å²) in [4.78, 5) is 1.79. The van der Waals surface area contributed by atoms with Crippen LogP contribution in [0, 0.1) is 0 Å². The molecule has 0 saturated carbocycles. The van der Waals surface area contributed by atoms with Crippen LogP contribution >= 0.6 is 0 Å². The third kappa shape index (κ3) is 13.6. The molecule has 0 rings (SSSR count). The second-order valence-electron chi connectivity index (χ2n) is 2.75. The predicted octanol–water partition coefficient (Wildman–Crippen LogP) is -2.21. The summed E-state index contributed by atoms with van der Waals surface area (Å²) >= 11 is 0. The van der Waals surface area contributed by atoms with Crippen molar-refractivity contribution in [3.8, 4) is 0 Å². The maximum atomic E-state index is 9.92. The zero-order valence-electron chi connectivity index (χ0n) is 10.1. The van der Waals surface area contributed by atoms with Gasteiger partial charge >= 0.3 is 10.4 Å². The SMILES string of the molecule is COS(=O)(=O)OC.OCCN(CCO)CCO. The maximum Gasteiger partial charge on any atom is 0.399 e. The maximum absolute atomic E-state index is 9.92. The lowest BCUT2D eigenvalue weighted by Gasteiger charge is -2.17. The number of hydrogen-bond donors (Lipinski definition) is 3. The van der Waals surface area contributed by atoms with Gasteiger partial charge in [0, 0.05) is 19.6 Å². The minimum absolute atomic E-state index is 0.0694. The fourth-order valence-electron chi connectivity index (χ4n) is 0.828. The van der Waals surface area contributed by atoms with Gasteiger partial charge in [-0.05, 0) is 0 Å². The summed E-state index contributed by atoms with van der Waals surface area (Å²) in [5.41, 5.74) is 0. The topological polar surface area (TPSA) is 117 Å². The van der Waals surface area contributed by atoms with E-state index in [0.717, 1.165) is 14.2 Å². The van der Waals surface area contributed by atoms with E-state index in [-0.39, 0.29) is 19.8 Å². The monoisotopic (exact) mass is 275 g/mol. The fourth-order valence-corrected chi connectivity index (χ4v) is 0.964. The standard InChI is InChI=1S/C6H15NO3.C2H6O4S/c8-4-1-7(2-5-9)3-6-10;1-5-7(3,4)6-2/h8-10H,1-6H2;1-2H3. The van der Waals surface area contributed by atoms with Crippen LogP contribution in [0.4, 0.5) is 0 Å². The molecule has 0 aliphatic rings. The highest BCUT2D eigenvalue weighted by Crippen LogP contribution is 1.86. The highest BCUT2D eigenvalue weighted by atomic mass is 32.3. The van der Waals surface area contributed by atoms with Gasteiger partial charge in [-0.3, -0.25) is 13.3 Å². The minimum atomic E-state index is -3.66. The van der Waals surface area contributed by atoms with Gasteiger partial charge < -0.3 is 15.3 Å². The van der Waals surface area contributed by atoms with Gasteiger partial charge in [-0.1, -0.05) is 0 Å². The normalized spacial score (nSPS) is 11.2. The summed E-state index contributed by atoms with van der Waals surface area (Å²) in [5.74, 6) is 0. The molecule has 106 valence electrons. The zero-order chi connectivity index (χ0) is 13.7. The van der Waals surface area contributed by atoms with E-state index in [4.69, 9.17) is 15.3 Å². The number of hydrogen-bond acceptors (Lipinski definition) is 8. The summed E-state index contributed by atoms with van der Waals surface area (Å²) in [6.45, 7) is 1.75. The molecule has 0 aliphatic carbocycles. The lowest BCUT2D eigenvalue weighted by atomic mass is 10.4. The molecule has 0 radical (unpaired) electrons. The van der Waals surface area contributed by atoms with Crippen molar-refractivity contribution in [2.75, 3.05) is 53.7 Å². The van der Waals surface area contributed by atoms with E-state index in [1.807, 2.05) is 0 Å². The van der Waals surface area contributed by atoms with Crippen molar-refractivity contribution < 1.29 is 32.1 Å². The molecule has 8 nitrogen and oxygen atoms in total. The molecule has 9 heteroatoms. The smallest absolute Gasteiger partial charge is 0.395 e. The molecule has 0 saturated heterocycles. The molecule has 17 heavy (non-hydrogen) atoms. The molecule has 0 amide bonds. The van der Waals surface area contributed by atoms with Crippen LogP contribution in [0.1, 0.15) is 0 Å². The second kappa shape index (κ2) is 12.2. The average molecular weight is 275 g/mol. The van der Waals surface area contributed by atoms with Crippen LogP contribution in [0.5, 0.6) is 0 Å². The first-order chi connectivity index (χ1) is 7.97. The van der Waals surface area contributed by atoms with Crippen LogP contribution in [0.2, 0.25) is 0 Å². The Kier molecular flexibility index (Phi) is 13.6. The Hall–Kier alpha value is -0.290. The van der Waals surface area contributed by atoms with Gasteiger partial charge in [-0.15, -0.1) is 0 Å². The first-order valence-corrected chi connectivity index (χ1v) is 6.21. The lowest BCUT2D eigenvalue weighted by molar-refractivity contribution is 0.136. The highest BCUT2D eigenvalue weighted by Gasteiger charge is 2.01. The van der Waals surface area contributed by atoms with E-state index in [0.29, 0.717) is 19.6 Å². The first-order valence-electron chi connectivity index (χ1n) is 4.88. The second-order valence-corrected chi connectivity index (χ2v) is 4.24.